The van der Waals surface area contributed by atoms with Crippen LogP contribution in [0.4, 0.5) is 10.1 Å². The van der Waals surface area contributed by atoms with Crippen LogP contribution < -0.4 is 5.32 Å². The Bertz CT molecular complexity index is 997. The molecule has 3 aromatic rings. The van der Waals surface area contributed by atoms with Crippen molar-refractivity contribution in [2.45, 2.75) is 45.3 Å². The van der Waals surface area contributed by atoms with Crippen LogP contribution in [0.5, 0.6) is 0 Å². The Labute approximate surface area is 157 Å². The molecule has 0 aliphatic heterocycles. The van der Waals surface area contributed by atoms with Gasteiger partial charge in [-0.05, 0) is 65.8 Å². The lowest BCUT2D eigenvalue weighted by Crippen LogP contribution is -2.12. The van der Waals surface area contributed by atoms with E-state index in [9.17, 15) is 9.50 Å². The number of nitrogens with one attached hydrogen (secondary N) is 1. The van der Waals surface area contributed by atoms with E-state index in [1.807, 2.05) is 12.1 Å². The smallest absolute Gasteiger partial charge is 0.246 e. The van der Waals surface area contributed by atoms with Crippen molar-refractivity contribution in [1.29, 1.82) is 0 Å². The maximum absolute atomic E-state index is 13.4. The largest absolute Gasteiger partial charge is 0.388 e. The van der Waals surface area contributed by atoms with Crippen molar-refractivity contribution in [2.75, 3.05) is 5.32 Å². The summed E-state index contributed by atoms with van der Waals surface area (Å²) in [5.74, 6) is 0.612. The zero-order chi connectivity index (χ0) is 19.2. The third-order valence-corrected chi connectivity index (χ3v) is 5.17. The minimum Gasteiger partial charge on any atom is -0.388 e. The molecule has 4 rings (SSSR count). The second kappa shape index (κ2) is 6.46. The van der Waals surface area contributed by atoms with E-state index in [0.717, 1.165) is 17.7 Å². The van der Waals surface area contributed by atoms with Crippen LogP contribution in [-0.2, 0) is 12.0 Å². The molecule has 5 nitrogen and oxygen atoms in total. The summed E-state index contributed by atoms with van der Waals surface area (Å²) < 4.78 is 18.7. The van der Waals surface area contributed by atoms with Gasteiger partial charge in [0.1, 0.15) is 5.82 Å². The predicted molar refractivity (Wildman–Crippen MR) is 101 cm³/mol. The molecule has 140 valence electrons. The maximum Gasteiger partial charge on any atom is 0.246 e. The molecule has 2 aromatic carbocycles. The highest BCUT2D eigenvalue weighted by Crippen LogP contribution is 2.45. The van der Waals surface area contributed by atoms with Crippen molar-refractivity contribution in [3.63, 3.8) is 0 Å². The standard InChI is InChI=1S/C21H22FN3O2/c1-12-8-13(4-7-17(12)22)20-24-19(27-25-20)11-23-14-5-6-16-15(9-14)18(26)10-21(16,2)3/h4-9,18,23,26H,10-11H2,1-3H3/t18-/m0/s1. The Hall–Kier alpha value is -2.73. The highest BCUT2D eigenvalue weighted by atomic mass is 19.1. The summed E-state index contributed by atoms with van der Waals surface area (Å²) >= 11 is 0. The summed E-state index contributed by atoms with van der Waals surface area (Å²) in [4.78, 5) is 4.36. The van der Waals surface area contributed by atoms with Crippen LogP contribution in [0.3, 0.4) is 0 Å². The number of halogens is 1. The first-order valence-corrected chi connectivity index (χ1v) is 8.99. The van der Waals surface area contributed by atoms with E-state index in [1.165, 1.54) is 11.6 Å². The minimum atomic E-state index is -0.437. The first-order chi connectivity index (χ1) is 12.8. The molecule has 2 N–H and O–H groups in total. The van der Waals surface area contributed by atoms with Crippen molar-refractivity contribution in [2.24, 2.45) is 0 Å². The summed E-state index contributed by atoms with van der Waals surface area (Å²) in [6.07, 6.45) is 0.295. The number of hydrogen-bond acceptors (Lipinski definition) is 5. The number of anilines is 1. The van der Waals surface area contributed by atoms with Crippen molar-refractivity contribution in [3.8, 4) is 11.4 Å². The number of fused-ring (bicyclic) bond motifs is 1. The van der Waals surface area contributed by atoms with Gasteiger partial charge in [-0.2, -0.15) is 4.98 Å². The van der Waals surface area contributed by atoms with E-state index >= 15 is 0 Å². The van der Waals surface area contributed by atoms with Gasteiger partial charge in [0.25, 0.3) is 0 Å². The third-order valence-electron chi connectivity index (χ3n) is 5.17. The number of aryl methyl sites for hydroxylation is 1. The predicted octanol–water partition coefficient (Wildman–Crippen LogP) is 4.51. The fraction of sp³-hybridized carbons (Fsp3) is 0.333. The first kappa shape index (κ1) is 17.7. The van der Waals surface area contributed by atoms with Gasteiger partial charge < -0.3 is 14.9 Å². The highest BCUT2D eigenvalue weighted by Gasteiger charge is 2.35. The zero-order valence-corrected chi connectivity index (χ0v) is 15.6. The average Bonchev–Trinajstić information content (AvgIpc) is 3.18. The molecule has 0 bridgehead atoms. The molecule has 1 aliphatic rings. The van der Waals surface area contributed by atoms with Crippen LogP contribution in [0.25, 0.3) is 11.4 Å². The van der Waals surface area contributed by atoms with E-state index in [2.05, 4.69) is 35.4 Å². The Morgan fingerprint density at radius 1 is 1.26 bits per heavy atom. The van der Waals surface area contributed by atoms with Gasteiger partial charge in [0.15, 0.2) is 0 Å². The minimum absolute atomic E-state index is 0.0119. The molecule has 1 heterocycles. The fourth-order valence-electron chi connectivity index (χ4n) is 3.67. The maximum atomic E-state index is 13.4. The molecule has 27 heavy (non-hydrogen) atoms. The van der Waals surface area contributed by atoms with Crippen LogP contribution in [-0.4, -0.2) is 15.2 Å². The van der Waals surface area contributed by atoms with Gasteiger partial charge in [0.2, 0.25) is 11.7 Å². The number of nitrogens with zero attached hydrogens (tertiary/aromatic N) is 2. The van der Waals surface area contributed by atoms with Crippen LogP contribution in [0.2, 0.25) is 0 Å². The number of benzene rings is 2. The zero-order valence-electron chi connectivity index (χ0n) is 15.6. The number of hydrogen-bond donors (Lipinski definition) is 2. The molecule has 0 spiro atoms. The van der Waals surface area contributed by atoms with Crippen LogP contribution >= 0.6 is 0 Å². The fourth-order valence-corrected chi connectivity index (χ4v) is 3.67. The van der Waals surface area contributed by atoms with Gasteiger partial charge in [-0.3, -0.25) is 0 Å². The van der Waals surface area contributed by atoms with E-state index in [-0.39, 0.29) is 11.2 Å². The van der Waals surface area contributed by atoms with Crippen molar-refractivity contribution < 1.29 is 14.0 Å². The molecule has 0 radical (unpaired) electrons. The lowest BCUT2D eigenvalue weighted by Gasteiger charge is -2.18. The first-order valence-electron chi connectivity index (χ1n) is 8.99. The Balaban J connectivity index is 1.48. The number of aromatic nitrogens is 2. The molecule has 0 amide bonds. The highest BCUT2D eigenvalue weighted by molar-refractivity contribution is 5.56. The van der Waals surface area contributed by atoms with Crippen molar-refractivity contribution in [3.05, 3.63) is 64.8 Å². The average molecular weight is 367 g/mol. The number of aliphatic hydroxyl groups is 1. The topological polar surface area (TPSA) is 71.2 Å². The van der Waals surface area contributed by atoms with E-state index < -0.39 is 6.10 Å². The lowest BCUT2D eigenvalue weighted by atomic mass is 9.86. The van der Waals surface area contributed by atoms with Crippen LogP contribution in [0.1, 0.15) is 49.0 Å². The molecular formula is C21H22FN3O2. The molecule has 0 fully saturated rings. The van der Waals surface area contributed by atoms with Gasteiger partial charge in [-0.1, -0.05) is 25.1 Å². The molecule has 1 atom stereocenters. The van der Waals surface area contributed by atoms with Crippen molar-refractivity contribution >= 4 is 5.69 Å². The quantitative estimate of drug-likeness (QED) is 0.710. The Morgan fingerprint density at radius 3 is 2.85 bits per heavy atom. The van der Waals surface area contributed by atoms with E-state index in [4.69, 9.17) is 4.52 Å². The van der Waals surface area contributed by atoms with Crippen molar-refractivity contribution in [1.82, 2.24) is 10.1 Å². The Kier molecular flexibility index (Phi) is 4.23. The van der Waals surface area contributed by atoms with Gasteiger partial charge in [0.05, 0.1) is 12.6 Å². The van der Waals surface area contributed by atoms with Gasteiger partial charge >= 0.3 is 0 Å². The summed E-state index contributed by atoms with van der Waals surface area (Å²) in [7, 11) is 0. The Morgan fingerprint density at radius 2 is 2.07 bits per heavy atom. The second-order valence-corrected chi connectivity index (χ2v) is 7.74. The van der Waals surface area contributed by atoms with E-state index in [0.29, 0.717) is 29.4 Å². The summed E-state index contributed by atoms with van der Waals surface area (Å²) in [5, 5.41) is 17.5. The lowest BCUT2D eigenvalue weighted by molar-refractivity contribution is 0.161. The van der Waals surface area contributed by atoms with Crippen LogP contribution in [0, 0.1) is 12.7 Å². The van der Waals surface area contributed by atoms with Gasteiger partial charge in [-0.15, -0.1) is 0 Å². The molecule has 0 unspecified atom stereocenters. The van der Waals surface area contributed by atoms with Gasteiger partial charge in [0, 0.05) is 11.3 Å². The molecule has 0 saturated heterocycles. The third kappa shape index (κ3) is 3.32. The molecular weight excluding hydrogens is 345 g/mol. The SMILES string of the molecule is Cc1cc(-c2noc(CNc3ccc4c(c3)[C@@H](O)CC4(C)C)n2)ccc1F. The van der Waals surface area contributed by atoms with Gasteiger partial charge in [-0.25, -0.2) is 4.39 Å². The molecule has 0 saturated carbocycles. The van der Waals surface area contributed by atoms with Crippen LogP contribution in [0.15, 0.2) is 40.9 Å². The second-order valence-electron chi connectivity index (χ2n) is 7.74. The molecule has 6 heteroatoms. The number of rotatable bonds is 4. The summed E-state index contributed by atoms with van der Waals surface area (Å²) in [6, 6.07) is 10.8. The normalized spacial score (nSPS) is 17.7. The molecule has 1 aliphatic carbocycles. The summed E-state index contributed by atoms with van der Waals surface area (Å²) in [6.45, 7) is 6.36. The molecule has 1 aromatic heterocycles. The monoisotopic (exact) mass is 367 g/mol. The summed E-state index contributed by atoms with van der Waals surface area (Å²) in [5.41, 5.74) is 4.29. The van der Waals surface area contributed by atoms with E-state index in [1.54, 1.807) is 19.1 Å². The number of aliphatic hydroxyl groups excluding tert-OH is 1.